The molecule has 6 heteroatoms. The molecule has 1 aliphatic rings. The molecule has 0 aromatic carbocycles. The molecule has 0 amide bonds. The Morgan fingerprint density at radius 2 is 1.69 bits per heavy atom. The van der Waals surface area contributed by atoms with E-state index in [1.54, 1.807) is 6.20 Å². The fourth-order valence-corrected chi connectivity index (χ4v) is 1.47. The molecule has 2 heterocycles. The lowest BCUT2D eigenvalue weighted by atomic mass is 9.85. The average Bonchev–Trinajstić information content (AvgIpc) is 2.36. The van der Waals surface area contributed by atoms with Crippen LogP contribution >= 0.6 is 0 Å². The first kappa shape index (κ1) is 11.4. The molecule has 1 saturated heterocycles. The summed E-state index contributed by atoms with van der Waals surface area (Å²) in [6.07, 6.45) is 3.10. The van der Waals surface area contributed by atoms with Gasteiger partial charge in [0.15, 0.2) is 0 Å². The summed E-state index contributed by atoms with van der Waals surface area (Å²) in [5, 5.41) is 0. The minimum atomic E-state index is -0.499. The second-order valence-electron chi connectivity index (χ2n) is 4.96. The summed E-state index contributed by atoms with van der Waals surface area (Å²) >= 11 is 0. The van der Waals surface area contributed by atoms with Gasteiger partial charge in [-0.15, -0.1) is 0 Å². The molecular weight excluding hydrogens is 205 g/mol. The van der Waals surface area contributed by atoms with E-state index in [0.29, 0.717) is 11.4 Å². The minimum absolute atomic E-state index is 0.368. The third-order valence-electron chi connectivity index (χ3n) is 3.17. The van der Waals surface area contributed by atoms with E-state index in [0.717, 1.165) is 0 Å². The first-order chi connectivity index (χ1) is 7.32. The van der Waals surface area contributed by atoms with Crippen molar-refractivity contribution in [2.24, 2.45) is 0 Å². The van der Waals surface area contributed by atoms with Gasteiger partial charge in [0, 0.05) is 6.20 Å². The lowest BCUT2D eigenvalue weighted by molar-refractivity contribution is 0.00578. The summed E-state index contributed by atoms with van der Waals surface area (Å²) in [5.74, 6) is 0.368. The second-order valence-corrected chi connectivity index (χ2v) is 4.96. The molecule has 1 fully saturated rings. The number of anilines is 1. The summed E-state index contributed by atoms with van der Waals surface area (Å²) in [7, 11) is -0.499. The monoisotopic (exact) mass is 221 g/mol. The first-order valence-corrected chi connectivity index (χ1v) is 5.25. The number of nitrogens with zero attached hydrogens (tertiary/aromatic N) is 2. The van der Waals surface area contributed by atoms with Crippen molar-refractivity contribution in [3.05, 3.63) is 12.4 Å². The topological polar surface area (TPSA) is 70.3 Å². The van der Waals surface area contributed by atoms with Crippen LogP contribution in [0.5, 0.6) is 0 Å². The summed E-state index contributed by atoms with van der Waals surface area (Å²) in [4.78, 5) is 8.13. The van der Waals surface area contributed by atoms with Crippen LogP contribution in [0.2, 0.25) is 0 Å². The van der Waals surface area contributed by atoms with Crippen LogP contribution < -0.4 is 11.3 Å². The predicted octanol–water partition coefficient (Wildman–Crippen LogP) is 0.358. The van der Waals surface area contributed by atoms with Crippen molar-refractivity contribution in [2.75, 3.05) is 5.73 Å². The standard InChI is InChI=1S/C10H16BN3O2/c1-9(2)10(3,4)16-11(15-9)7-5-13-6-8(12)14-7/h5-6H,1-4H3,(H2,12,14). The maximum Gasteiger partial charge on any atom is 0.516 e. The smallest absolute Gasteiger partial charge is 0.398 e. The van der Waals surface area contributed by atoms with Gasteiger partial charge in [0.1, 0.15) is 5.82 Å². The molecule has 2 rings (SSSR count). The Kier molecular flexibility index (Phi) is 2.43. The highest BCUT2D eigenvalue weighted by Crippen LogP contribution is 2.36. The highest BCUT2D eigenvalue weighted by atomic mass is 16.7. The summed E-state index contributed by atoms with van der Waals surface area (Å²) in [6.45, 7) is 7.97. The minimum Gasteiger partial charge on any atom is -0.398 e. The fraction of sp³-hybridized carbons (Fsp3) is 0.600. The number of nitrogens with two attached hydrogens (primary N) is 1. The van der Waals surface area contributed by atoms with E-state index < -0.39 is 7.12 Å². The molecule has 1 aromatic heterocycles. The highest BCUT2D eigenvalue weighted by molar-refractivity contribution is 6.61. The van der Waals surface area contributed by atoms with E-state index in [1.165, 1.54) is 6.20 Å². The summed E-state index contributed by atoms with van der Waals surface area (Å²) < 4.78 is 11.6. The number of nitrogen functional groups attached to an aromatic ring is 1. The highest BCUT2D eigenvalue weighted by Gasteiger charge is 2.52. The zero-order chi connectivity index (χ0) is 12.0. The Hall–Kier alpha value is -1.14. The third-order valence-corrected chi connectivity index (χ3v) is 3.17. The Bertz CT molecular complexity index is 393. The zero-order valence-corrected chi connectivity index (χ0v) is 10.0. The molecule has 0 aliphatic carbocycles. The molecular formula is C10H16BN3O2. The predicted molar refractivity (Wildman–Crippen MR) is 62.2 cm³/mol. The average molecular weight is 221 g/mol. The molecule has 0 atom stereocenters. The lowest BCUT2D eigenvalue weighted by Crippen LogP contribution is -2.41. The van der Waals surface area contributed by atoms with Crippen LogP contribution in [0.3, 0.4) is 0 Å². The van der Waals surface area contributed by atoms with Gasteiger partial charge in [0.05, 0.1) is 23.0 Å². The molecule has 1 aromatic rings. The van der Waals surface area contributed by atoms with Crippen LogP contribution in [-0.4, -0.2) is 28.3 Å². The van der Waals surface area contributed by atoms with E-state index in [-0.39, 0.29) is 11.2 Å². The Labute approximate surface area is 95.5 Å². The zero-order valence-electron chi connectivity index (χ0n) is 10.0. The fourth-order valence-electron chi connectivity index (χ4n) is 1.47. The van der Waals surface area contributed by atoms with Crippen LogP contribution in [0.25, 0.3) is 0 Å². The molecule has 1 aliphatic heterocycles. The van der Waals surface area contributed by atoms with E-state index in [2.05, 4.69) is 9.97 Å². The van der Waals surface area contributed by atoms with Gasteiger partial charge in [0.25, 0.3) is 0 Å². The Balaban J connectivity index is 2.27. The first-order valence-electron chi connectivity index (χ1n) is 5.25. The largest absolute Gasteiger partial charge is 0.516 e. The van der Waals surface area contributed by atoms with Crippen LogP contribution in [0.4, 0.5) is 5.82 Å². The van der Waals surface area contributed by atoms with Gasteiger partial charge in [-0.2, -0.15) is 0 Å². The van der Waals surface area contributed by atoms with Crippen molar-refractivity contribution >= 4 is 18.5 Å². The van der Waals surface area contributed by atoms with Crippen molar-refractivity contribution in [3.8, 4) is 0 Å². The normalized spacial score (nSPS) is 22.4. The molecule has 0 radical (unpaired) electrons. The number of hydrogen-bond donors (Lipinski definition) is 1. The van der Waals surface area contributed by atoms with Gasteiger partial charge in [-0.25, -0.2) is 4.98 Å². The molecule has 0 spiro atoms. The lowest BCUT2D eigenvalue weighted by Gasteiger charge is -2.32. The van der Waals surface area contributed by atoms with Crippen molar-refractivity contribution in [2.45, 2.75) is 38.9 Å². The number of rotatable bonds is 1. The Morgan fingerprint density at radius 3 is 2.19 bits per heavy atom. The third kappa shape index (κ3) is 1.78. The van der Waals surface area contributed by atoms with Gasteiger partial charge in [-0.05, 0) is 27.7 Å². The molecule has 86 valence electrons. The van der Waals surface area contributed by atoms with Crippen LogP contribution in [-0.2, 0) is 9.31 Å². The quantitative estimate of drug-likeness (QED) is 0.693. The summed E-state index contributed by atoms with van der Waals surface area (Å²) in [6, 6.07) is 0. The van der Waals surface area contributed by atoms with E-state index in [4.69, 9.17) is 15.0 Å². The number of hydrogen-bond acceptors (Lipinski definition) is 5. The maximum atomic E-state index is 5.82. The molecule has 0 saturated carbocycles. The van der Waals surface area contributed by atoms with Gasteiger partial charge >= 0.3 is 7.12 Å². The van der Waals surface area contributed by atoms with Gasteiger partial charge in [0.2, 0.25) is 0 Å². The van der Waals surface area contributed by atoms with E-state index in [9.17, 15) is 0 Å². The van der Waals surface area contributed by atoms with Crippen molar-refractivity contribution < 1.29 is 9.31 Å². The Morgan fingerprint density at radius 1 is 1.12 bits per heavy atom. The summed E-state index contributed by atoms with van der Waals surface area (Å²) in [5.41, 5.74) is 5.44. The van der Waals surface area contributed by atoms with Crippen LogP contribution in [0, 0.1) is 0 Å². The van der Waals surface area contributed by atoms with Gasteiger partial charge in [-0.1, -0.05) is 0 Å². The van der Waals surface area contributed by atoms with E-state index in [1.807, 2.05) is 27.7 Å². The SMILES string of the molecule is CC1(C)OB(c2cncc(N)n2)OC1(C)C. The number of aromatic nitrogens is 2. The molecule has 5 nitrogen and oxygen atoms in total. The second kappa shape index (κ2) is 3.43. The molecule has 0 unspecified atom stereocenters. The maximum absolute atomic E-state index is 5.82. The van der Waals surface area contributed by atoms with Crippen LogP contribution in [0.1, 0.15) is 27.7 Å². The molecule has 0 bridgehead atoms. The van der Waals surface area contributed by atoms with Crippen LogP contribution in [0.15, 0.2) is 12.4 Å². The van der Waals surface area contributed by atoms with Crippen molar-refractivity contribution in [3.63, 3.8) is 0 Å². The van der Waals surface area contributed by atoms with Crippen molar-refractivity contribution in [1.82, 2.24) is 9.97 Å². The molecule has 2 N–H and O–H groups in total. The van der Waals surface area contributed by atoms with Gasteiger partial charge < -0.3 is 15.0 Å². The van der Waals surface area contributed by atoms with Crippen molar-refractivity contribution in [1.29, 1.82) is 0 Å². The molecule has 16 heavy (non-hydrogen) atoms. The van der Waals surface area contributed by atoms with E-state index >= 15 is 0 Å². The van der Waals surface area contributed by atoms with Gasteiger partial charge in [-0.3, -0.25) is 4.98 Å².